The fourth-order valence-corrected chi connectivity index (χ4v) is 2.37. The summed E-state index contributed by atoms with van der Waals surface area (Å²) in [6.45, 7) is 2.11. The summed E-state index contributed by atoms with van der Waals surface area (Å²) < 4.78 is 11.4. The van der Waals surface area contributed by atoms with Gasteiger partial charge in [-0.05, 0) is 46.6 Å². The van der Waals surface area contributed by atoms with E-state index in [1.807, 2.05) is 24.3 Å². The molecule has 0 fully saturated rings. The van der Waals surface area contributed by atoms with Crippen LogP contribution in [0.15, 0.2) is 28.9 Å². The standard InChI is InChI=1S/C15H17BrN2O2/c1-4-5-15-17-11(9-14(16)18-15)10-6-7-12(19-2)13(8-10)20-3/h6-9H,4-5H2,1-3H3. The molecule has 0 saturated carbocycles. The van der Waals surface area contributed by atoms with Crippen LogP contribution in [0.25, 0.3) is 11.3 Å². The average molecular weight is 337 g/mol. The first-order valence-corrected chi connectivity index (χ1v) is 7.23. The summed E-state index contributed by atoms with van der Waals surface area (Å²) in [5.74, 6) is 2.24. The van der Waals surface area contributed by atoms with Crippen molar-refractivity contribution in [2.45, 2.75) is 19.8 Å². The van der Waals surface area contributed by atoms with Gasteiger partial charge in [-0.15, -0.1) is 0 Å². The summed E-state index contributed by atoms with van der Waals surface area (Å²) >= 11 is 3.44. The Balaban J connectivity index is 2.45. The van der Waals surface area contributed by atoms with Crippen molar-refractivity contribution in [3.05, 3.63) is 34.7 Å². The molecular formula is C15H17BrN2O2. The van der Waals surface area contributed by atoms with Gasteiger partial charge in [0.1, 0.15) is 10.4 Å². The quantitative estimate of drug-likeness (QED) is 0.777. The minimum Gasteiger partial charge on any atom is -0.493 e. The third-order valence-corrected chi connectivity index (χ3v) is 3.30. The molecule has 0 aliphatic heterocycles. The molecule has 2 aromatic rings. The van der Waals surface area contributed by atoms with Crippen molar-refractivity contribution in [1.82, 2.24) is 9.97 Å². The van der Waals surface area contributed by atoms with Gasteiger partial charge in [0, 0.05) is 12.0 Å². The number of aryl methyl sites for hydroxylation is 1. The molecule has 2 rings (SSSR count). The average Bonchev–Trinajstić information content (AvgIpc) is 2.46. The maximum Gasteiger partial charge on any atom is 0.161 e. The maximum absolute atomic E-state index is 5.33. The van der Waals surface area contributed by atoms with Gasteiger partial charge in [0.05, 0.1) is 19.9 Å². The third-order valence-electron chi connectivity index (χ3n) is 2.89. The Hall–Kier alpha value is -1.62. The third kappa shape index (κ3) is 3.28. The maximum atomic E-state index is 5.33. The van der Waals surface area contributed by atoms with Gasteiger partial charge in [-0.3, -0.25) is 0 Å². The van der Waals surface area contributed by atoms with Gasteiger partial charge in [-0.2, -0.15) is 0 Å². The second-order valence-corrected chi connectivity index (χ2v) is 5.12. The second-order valence-electron chi connectivity index (χ2n) is 4.31. The molecule has 0 spiro atoms. The van der Waals surface area contributed by atoms with E-state index in [1.165, 1.54) is 0 Å². The fraction of sp³-hybridized carbons (Fsp3) is 0.333. The van der Waals surface area contributed by atoms with E-state index in [0.29, 0.717) is 11.5 Å². The highest BCUT2D eigenvalue weighted by Crippen LogP contribution is 2.32. The molecule has 20 heavy (non-hydrogen) atoms. The van der Waals surface area contributed by atoms with E-state index < -0.39 is 0 Å². The Morgan fingerprint density at radius 3 is 2.45 bits per heavy atom. The van der Waals surface area contributed by atoms with Crippen molar-refractivity contribution in [3.8, 4) is 22.8 Å². The van der Waals surface area contributed by atoms with Gasteiger partial charge in [0.25, 0.3) is 0 Å². The van der Waals surface area contributed by atoms with Crippen molar-refractivity contribution in [2.24, 2.45) is 0 Å². The lowest BCUT2D eigenvalue weighted by Gasteiger charge is -2.10. The normalized spacial score (nSPS) is 10.4. The van der Waals surface area contributed by atoms with E-state index in [9.17, 15) is 0 Å². The molecule has 0 amide bonds. The Kier molecular flexibility index (Phi) is 4.95. The van der Waals surface area contributed by atoms with Crippen molar-refractivity contribution in [2.75, 3.05) is 14.2 Å². The highest BCUT2D eigenvalue weighted by atomic mass is 79.9. The van der Waals surface area contributed by atoms with E-state index in [4.69, 9.17) is 9.47 Å². The molecule has 1 aromatic carbocycles. The van der Waals surface area contributed by atoms with E-state index in [0.717, 1.165) is 34.5 Å². The zero-order chi connectivity index (χ0) is 14.5. The van der Waals surface area contributed by atoms with Crippen molar-refractivity contribution in [1.29, 1.82) is 0 Å². The molecule has 4 nitrogen and oxygen atoms in total. The first kappa shape index (κ1) is 14.8. The zero-order valence-corrected chi connectivity index (χ0v) is 13.4. The van der Waals surface area contributed by atoms with E-state index in [2.05, 4.69) is 32.8 Å². The lowest BCUT2D eigenvalue weighted by atomic mass is 10.1. The summed E-state index contributed by atoms with van der Waals surface area (Å²) in [7, 11) is 3.25. The molecule has 0 aliphatic carbocycles. The topological polar surface area (TPSA) is 44.2 Å². The monoisotopic (exact) mass is 336 g/mol. The molecule has 0 saturated heterocycles. The SMILES string of the molecule is CCCc1nc(Br)cc(-c2ccc(OC)c(OC)c2)n1. The smallest absolute Gasteiger partial charge is 0.161 e. The van der Waals surface area contributed by atoms with Crippen LogP contribution in [-0.4, -0.2) is 24.2 Å². The van der Waals surface area contributed by atoms with Crippen LogP contribution in [-0.2, 0) is 6.42 Å². The van der Waals surface area contributed by atoms with Crippen LogP contribution in [0.4, 0.5) is 0 Å². The van der Waals surface area contributed by atoms with Crippen molar-refractivity contribution in [3.63, 3.8) is 0 Å². The molecule has 1 aromatic heterocycles. The number of hydrogen-bond acceptors (Lipinski definition) is 4. The molecule has 0 aliphatic rings. The van der Waals surface area contributed by atoms with E-state index in [1.54, 1.807) is 14.2 Å². The van der Waals surface area contributed by atoms with E-state index >= 15 is 0 Å². The van der Waals surface area contributed by atoms with Crippen LogP contribution < -0.4 is 9.47 Å². The van der Waals surface area contributed by atoms with Gasteiger partial charge in [-0.1, -0.05) is 6.92 Å². The Morgan fingerprint density at radius 1 is 1.05 bits per heavy atom. The largest absolute Gasteiger partial charge is 0.493 e. The summed E-state index contributed by atoms with van der Waals surface area (Å²) in [5.41, 5.74) is 1.85. The van der Waals surface area contributed by atoms with Crippen LogP contribution in [0.5, 0.6) is 11.5 Å². The Labute approximate surface area is 127 Å². The van der Waals surface area contributed by atoms with Gasteiger partial charge in [0.15, 0.2) is 11.5 Å². The molecule has 0 atom stereocenters. The lowest BCUT2D eigenvalue weighted by molar-refractivity contribution is 0.355. The Bertz CT molecular complexity index is 602. The number of nitrogens with zero attached hydrogens (tertiary/aromatic N) is 2. The van der Waals surface area contributed by atoms with Crippen LogP contribution in [0.1, 0.15) is 19.2 Å². The van der Waals surface area contributed by atoms with Crippen LogP contribution in [0, 0.1) is 0 Å². The highest BCUT2D eigenvalue weighted by molar-refractivity contribution is 9.10. The van der Waals surface area contributed by atoms with Crippen molar-refractivity contribution < 1.29 is 9.47 Å². The molecule has 1 heterocycles. The minimum absolute atomic E-state index is 0.691. The molecular weight excluding hydrogens is 320 g/mol. The molecule has 0 bridgehead atoms. The summed E-state index contributed by atoms with van der Waals surface area (Å²) in [6.07, 6.45) is 1.88. The van der Waals surface area contributed by atoms with Gasteiger partial charge in [0.2, 0.25) is 0 Å². The predicted octanol–water partition coefficient (Wildman–Crippen LogP) is 3.88. The van der Waals surface area contributed by atoms with Crippen molar-refractivity contribution >= 4 is 15.9 Å². The number of methoxy groups -OCH3 is 2. The van der Waals surface area contributed by atoms with Crippen LogP contribution in [0.3, 0.4) is 0 Å². The molecule has 5 heteroatoms. The predicted molar refractivity (Wildman–Crippen MR) is 82.3 cm³/mol. The number of halogens is 1. The summed E-state index contributed by atoms with van der Waals surface area (Å²) in [6, 6.07) is 7.67. The number of hydrogen-bond donors (Lipinski definition) is 0. The number of benzene rings is 1. The van der Waals surface area contributed by atoms with E-state index in [-0.39, 0.29) is 0 Å². The zero-order valence-electron chi connectivity index (χ0n) is 11.8. The highest BCUT2D eigenvalue weighted by Gasteiger charge is 2.09. The number of ether oxygens (including phenoxy) is 2. The molecule has 0 radical (unpaired) electrons. The fourth-order valence-electron chi connectivity index (χ4n) is 1.94. The summed E-state index contributed by atoms with van der Waals surface area (Å²) in [5, 5.41) is 0. The molecule has 0 unspecified atom stereocenters. The van der Waals surface area contributed by atoms with Gasteiger partial charge < -0.3 is 9.47 Å². The Morgan fingerprint density at radius 2 is 1.80 bits per heavy atom. The molecule has 0 N–H and O–H groups in total. The first-order valence-electron chi connectivity index (χ1n) is 6.43. The lowest BCUT2D eigenvalue weighted by Crippen LogP contribution is -1.98. The van der Waals surface area contributed by atoms with Crippen LogP contribution >= 0.6 is 15.9 Å². The van der Waals surface area contributed by atoms with Crippen LogP contribution in [0.2, 0.25) is 0 Å². The number of aromatic nitrogens is 2. The minimum atomic E-state index is 0.691. The molecule has 106 valence electrons. The summed E-state index contributed by atoms with van der Waals surface area (Å²) in [4.78, 5) is 8.96. The number of rotatable bonds is 5. The first-order chi connectivity index (χ1) is 9.67. The van der Waals surface area contributed by atoms with Gasteiger partial charge in [-0.25, -0.2) is 9.97 Å². The van der Waals surface area contributed by atoms with Gasteiger partial charge >= 0.3 is 0 Å². The second kappa shape index (κ2) is 6.70.